The Bertz CT molecular complexity index is 1010. The van der Waals surface area contributed by atoms with Gasteiger partial charge in [0.05, 0.1) is 25.5 Å². The number of hydrogen-bond acceptors (Lipinski definition) is 6. The number of benzene rings is 1. The van der Waals surface area contributed by atoms with E-state index in [2.05, 4.69) is 25.6 Å². The molecule has 1 saturated heterocycles. The lowest BCUT2D eigenvalue weighted by atomic mass is 10.2. The highest BCUT2D eigenvalue weighted by molar-refractivity contribution is 6.33. The molecule has 142 valence electrons. The van der Waals surface area contributed by atoms with Crippen molar-refractivity contribution in [3.8, 4) is 0 Å². The molecule has 1 aromatic carbocycles. The van der Waals surface area contributed by atoms with Gasteiger partial charge in [0.1, 0.15) is 5.52 Å². The molecular weight excluding hydrogens is 391 g/mol. The van der Waals surface area contributed by atoms with Crippen LogP contribution in [0, 0.1) is 0 Å². The average molecular weight is 409 g/mol. The average Bonchev–Trinajstić information content (AvgIpc) is 2.99. The van der Waals surface area contributed by atoms with Crippen molar-refractivity contribution >= 4 is 40.3 Å². The SMILES string of the molecule is O=c1[nH]c2cnc(NCC3CNCCO3)nc2n1Cc1cc(Cl)ccc1Cl. The van der Waals surface area contributed by atoms with Crippen molar-refractivity contribution in [3.05, 3.63) is 50.5 Å². The Labute approximate surface area is 164 Å². The summed E-state index contributed by atoms with van der Waals surface area (Å²) < 4.78 is 7.16. The summed E-state index contributed by atoms with van der Waals surface area (Å²) >= 11 is 12.3. The van der Waals surface area contributed by atoms with Gasteiger partial charge in [-0.05, 0) is 23.8 Å². The van der Waals surface area contributed by atoms with E-state index in [9.17, 15) is 4.79 Å². The number of nitrogens with zero attached hydrogens (tertiary/aromatic N) is 3. The van der Waals surface area contributed by atoms with Crippen LogP contribution in [0.25, 0.3) is 11.2 Å². The standard InChI is InChI=1S/C17H18Cl2N6O2/c18-11-1-2-13(19)10(5-11)9-25-15-14(23-17(25)26)8-22-16(24-15)21-7-12-6-20-3-4-27-12/h1-2,5,8,12,20H,3-4,6-7,9H2,(H,23,26)(H,21,22,24). The van der Waals surface area contributed by atoms with Crippen molar-refractivity contribution in [2.45, 2.75) is 12.6 Å². The van der Waals surface area contributed by atoms with Gasteiger partial charge in [-0.3, -0.25) is 4.57 Å². The molecule has 27 heavy (non-hydrogen) atoms. The summed E-state index contributed by atoms with van der Waals surface area (Å²) in [6, 6.07) is 5.15. The molecule has 0 aliphatic carbocycles. The largest absolute Gasteiger partial charge is 0.374 e. The highest BCUT2D eigenvalue weighted by Crippen LogP contribution is 2.22. The number of aromatic amines is 1. The van der Waals surface area contributed by atoms with E-state index in [0.29, 0.717) is 40.3 Å². The molecule has 0 spiro atoms. The Balaban J connectivity index is 1.59. The molecule has 0 radical (unpaired) electrons. The molecule has 3 heterocycles. The van der Waals surface area contributed by atoms with Crippen LogP contribution < -0.4 is 16.3 Å². The van der Waals surface area contributed by atoms with E-state index in [-0.39, 0.29) is 18.3 Å². The molecule has 4 rings (SSSR count). The third-order valence-corrected chi connectivity index (χ3v) is 4.94. The molecule has 10 heteroatoms. The maximum Gasteiger partial charge on any atom is 0.328 e. The summed E-state index contributed by atoms with van der Waals surface area (Å²) in [5, 5.41) is 7.53. The Kier molecular flexibility index (Phi) is 5.31. The quantitative estimate of drug-likeness (QED) is 0.596. The first-order valence-corrected chi connectivity index (χ1v) is 9.31. The van der Waals surface area contributed by atoms with Gasteiger partial charge < -0.3 is 20.4 Å². The summed E-state index contributed by atoms with van der Waals surface area (Å²) in [6.07, 6.45) is 1.64. The van der Waals surface area contributed by atoms with Crippen molar-refractivity contribution in [2.75, 3.05) is 31.6 Å². The van der Waals surface area contributed by atoms with Gasteiger partial charge >= 0.3 is 5.69 Å². The Hall–Kier alpha value is -2.13. The second-order valence-corrected chi connectivity index (χ2v) is 7.10. The van der Waals surface area contributed by atoms with E-state index < -0.39 is 0 Å². The predicted molar refractivity (Wildman–Crippen MR) is 105 cm³/mol. The van der Waals surface area contributed by atoms with E-state index >= 15 is 0 Å². The maximum atomic E-state index is 12.4. The fourth-order valence-corrected chi connectivity index (χ4v) is 3.34. The highest BCUT2D eigenvalue weighted by Gasteiger charge is 2.15. The van der Waals surface area contributed by atoms with Crippen LogP contribution in [-0.2, 0) is 11.3 Å². The van der Waals surface area contributed by atoms with Crippen LogP contribution in [0.5, 0.6) is 0 Å². The van der Waals surface area contributed by atoms with Crippen LogP contribution in [0.2, 0.25) is 10.0 Å². The minimum absolute atomic E-state index is 0.0525. The molecule has 1 aliphatic rings. The van der Waals surface area contributed by atoms with Gasteiger partial charge in [-0.2, -0.15) is 4.98 Å². The van der Waals surface area contributed by atoms with Crippen molar-refractivity contribution in [3.63, 3.8) is 0 Å². The number of fused-ring (bicyclic) bond motifs is 1. The number of rotatable bonds is 5. The zero-order valence-electron chi connectivity index (χ0n) is 14.3. The van der Waals surface area contributed by atoms with E-state index in [1.54, 1.807) is 24.4 Å². The van der Waals surface area contributed by atoms with E-state index in [1.165, 1.54) is 4.57 Å². The molecule has 1 unspecified atom stereocenters. The van der Waals surface area contributed by atoms with E-state index in [4.69, 9.17) is 27.9 Å². The zero-order valence-corrected chi connectivity index (χ0v) is 15.8. The Morgan fingerprint density at radius 1 is 1.37 bits per heavy atom. The number of morpholine rings is 1. The summed E-state index contributed by atoms with van der Waals surface area (Å²) in [6.45, 7) is 3.15. The van der Waals surface area contributed by atoms with Gasteiger partial charge in [-0.1, -0.05) is 23.2 Å². The monoisotopic (exact) mass is 408 g/mol. The lowest BCUT2D eigenvalue weighted by Crippen LogP contribution is -2.42. The number of aromatic nitrogens is 4. The number of nitrogens with one attached hydrogen (secondary N) is 3. The second kappa shape index (κ2) is 7.85. The first-order valence-electron chi connectivity index (χ1n) is 8.56. The molecule has 3 aromatic rings. The molecule has 0 saturated carbocycles. The van der Waals surface area contributed by atoms with Gasteiger partial charge in [-0.25, -0.2) is 9.78 Å². The van der Waals surface area contributed by atoms with Crippen molar-refractivity contribution in [1.82, 2.24) is 24.8 Å². The molecule has 3 N–H and O–H groups in total. The highest BCUT2D eigenvalue weighted by atomic mass is 35.5. The summed E-state index contributed by atoms with van der Waals surface area (Å²) in [7, 11) is 0. The van der Waals surface area contributed by atoms with E-state index in [1.807, 2.05) is 0 Å². The maximum absolute atomic E-state index is 12.4. The normalized spacial score (nSPS) is 17.3. The van der Waals surface area contributed by atoms with Crippen LogP contribution in [0.15, 0.2) is 29.2 Å². The molecule has 2 aromatic heterocycles. The van der Waals surface area contributed by atoms with Crippen molar-refractivity contribution < 1.29 is 4.74 Å². The minimum Gasteiger partial charge on any atom is -0.374 e. The number of imidazole rings is 1. The molecule has 1 fully saturated rings. The Morgan fingerprint density at radius 2 is 2.26 bits per heavy atom. The van der Waals surface area contributed by atoms with Crippen LogP contribution in [0.4, 0.5) is 5.95 Å². The third kappa shape index (κ3) is 4.08. The number of H-pyrrole nitrogens is 1. The molecule has 0 bridgehead atoms. The third-order valence-electron chi connectivity index (χ3n) is 4.34. The topological polar surface area (TPSA) is 96.9 Å². The fourth-order valence-electron chi connectivity index (χ4n) is 2.97. The van der Waals surface area contributed by atoms with E-state index in [0.717, 1.165) is 18.7 Å². The molecule has 1 atom stereocenters. The molecule has 0 amide bonds. The fraction of sp³-hybridized carbons (Fsp3) is 0.353. The predicted octanol–water partition coefficient (Wildman–Crippen LogP) is 1.87. The second-order valence-electron chi connectivity index (χ2n) is 6.26. The van der Waals surface area contributed by atoms with Gasteiger partial charge in [0.25, 0.3) is 0 Å². The van der Waals surface area contributed by atoms with Gasteiger partial charge in [0.15, 0.2) is 5.65 Å². The summed E-state index contributed by atoms with van der Waals surface area (Å²) in [5.74, 6) is 0.432. The minimum atomic E-state index is -0.285. The van der Waals surface area contributed by atoms with Crippen LogP contribution in [0.1, 0.15) is 5.56 Å². The number of hydrogen-bond donors (Lipinski definition) is 3. The number of halogens is 2. The lowest BCUT2D eigenvalue weighted by Gasteiger charge is -2.23. The molecular formula is C17H18Cl2N6O2. The van der Waals surface area contributed by atoms with Crippen LogP contribution >= 0.6 is 23.2 Å². The first-order chi connectivity index (χ1) is 13.1. The molecule has 1 aliphatic heterocycles. The van der Waals surface area contributed by atoms with Gasteiger partial charge in [0.2, 0.25) is 5.95 Å². The van der Waals surface area contributed by atoms with Gasteiger partial charge in [0, 0.05) is 29.7 Å². The summed E-state index contributed by atoms with van der Waals surface area (Å²) in [4.78, 5) is 23.9. The smallest absolute Gasteiger partial charge is 0.328 e. The zero-order chi connectivity index (χ0) is 18.8. The van der Waals surface area contributed by atoms with Crippen molar-refractivity contribution in [2.24, 2.45) is 0 Å². The Morgan fingerprint density at radius 3 is 3.07 bits per heavy atom. The van der Waals surface area contributed by atoms with Crippen molar-refractivity contribution in [1.29, 1.82) is 0 Å². The molecule has 8 nitrogen and oxygen atoms in total. The first kappa shape index (κ1) is 18.2. The lowest BCUT2D eigenvalue weighted by molar-refractivity contribution is 0.0371. The summed E-state index contributed by atoms with van der Waals surface area (Å²) in [5.41, 5.74) is 1.50. The van der Waals surface area contributed by atoms with Crippen LogP contribution in [-0.4, -0.2) is 51.9 Å². The number of anilines is 1. The van der Waals surface area contributed by atoms with Gasteiger partial charge in [-0.15, -0.1) is 0 Å². The van der Waals surface area contributed by atoms with Crippen LogP contribution in [0.3, 0.4) is 0 Å². The number of ether oxygens (including phenoxy) is 1.